The Morgan fingerprint density at radius 3 is 2.50 bits per heavy atom. The Morgan fingerprint density at radius 1 is 1.00 bits per heavy atom. The smallest absolute Gasteiger partial charge is 0.150 e. The molecular formula is C9H9N5. The van der Waals surface area contributed by atoms with E-state index in [-0.39, 0.29) is 0 Å². The van der Waals surface area contributed by atoms with Crippen LogP contribution in [0.5, 0.6) is 0 Å². The van der Waals surface area contributed by atoms with Crippen molar-refractivity contribution in [2.75, 3.05) is 11.5 Å². The lowest BCUT2D eigenvalue weighted by Crippen LogP contribution is -1.98. The van der Waals surface area contributed by atoms with Crippen molar-refractivity contribution in [1.82, 2.24) is 15.4 Å². The van der Waals surface area contributed by atoms with E-state index in [2.05, 4.69) is 15.4 Å². The third kappa shape index (κ3) is 1.47. The monoisotopic (exact) mass is 187 g/mol. The lowest BCUT2D eigenvalue weighted by Gasteiger charge is -2.02. The average molecular weight is 187 g/mol. The van der Waals surface area contributed by atoms with Gasteiger partial charge >= 0.3 is 0 Å². The van der Waals surface area contributed by atoms with Gasteiger partial charge in [-0.05, 0) is 11.3 Å². The number of nitrogens with two attached hydrogens (primary N) is 2. The molecule has 14 heavy (non-hydrogen) atoms. The molecular weight excluding hydrogens is 178 g/mol. The van der Waals surface area contributed by atoms with Crippen molar-refractivity contribution in [3.05, 3.63) is 30.3 Å². The topological polar surface area (TPSA) is 90.7 Å². The molecule has 5 nitrogen and oxygen atoms in total. The maximum atomic E-state index is 5.77. The van der Waals surface area contributed by atoms with Gasteiger partial charge < -0.3 is 11.5 Å². The van der Waals surface area contributed by atoms with Crippen LogP contribution in [0.1, 0.15) is 0 Å². The minimum absolute atomic E-state index is 0.332. The van der Waals surface area contributed by atoms with E-state index in [0.717, 1.165) is 5.56 Å². The third-order valence-electron chi connectivity index (χ3n) is 1.83. The van der Waals surface area contributed by atoms with Crippen LogP contribution in [-0.4, -0.2) is 15.4 Å². The van der Waals surface area contributed by atoms with Gasteiger partial charge in [0.2, 0.25) is 0 Å². The van der Waals surface area contributed by atoms with Gasteiger partial charge in [-0.15, -0.1) is 10.2 Å². The van der Waals surface area contributed by atoms with Gasteiger partial charge in [-0.25, -0.2) is 0 Å². The van der Waals surface area contributed by atoms with Gasteiger partial charge in [0.15, 0.2) is 0 Å². The Morgan fingerprint density at radius 2 is 1.79 bits per heavy atom. The molecule has 0 bridgehead atoms. The number of para-hydroxylation sites is 1. The van der Waals surface area contributed by atoms with E-state index in [0.29, 0.717) is 17.2 Å². The number of anilines is 2. The number of hydrogen-bond donors (Lipinski definition) is 2. The van der Waals surface area contributed by atoms with E-state index < -0.39 is 0 Å². The zero-order valence-electron chi connectivity index (χ0n) is 7.38. The predicted octanol–water partition coefficient (Wildman–Crippen LogP) is 0.703. The normalized spacial score (nSPS) is 10.0. The van der Waals surface area contributed by atoms with Crippen LogP contribution < -0.4 is 11.5 Å². The number of nitrogen functional groups attached to an aromatic ring is 2. The molecule has 0 aliphatic rings. The summed E-state index contributed by atoms with van der Waals surface area (Å²) in [5, 5.41) is 10.9. The van der Waals surface area contributed by atoms with Gasteiger partial charge in [-0.1, -0.05) is 18.2 Å². The summed E-state index contributed by atoms with van der Waals surface area (Å²) >= 11 is 0. The standard InChI is InChI=1S/C9H9N5/c10-7-4-2-1-3-6(7)8-5-9(11)13-14-12-8/h1-5H,10H2,(H2,11,12,13). The number of aromatic nitrogens is 3. The summed E-state index contributed by atoms with van der Waals surface area (Å²) in [7, 11) is 0. The summed E-state index contributed by atoms with van der Waals surface area (Å²) in [5.74, 6) is 0.332. The van der Waals surface area contributed by atoms with Crippen LogP contribution in [0.15, 0.2) is 30.3 Å². The fourth-order valence-electron chi connectivity index (χ4n) is 1.18. The van der Waals surface area contributed by atoms with Crippen molar-refractivity contribution >= 4 is 11.5 Å². The summed E-state index contributed by atoms with van der Waals surface area (Å²) in [6.07, 6.45) is 0. The van der Waals surface area contributed by atoms with E-state index in [9.17, 15) is 0 Å². The van der Waals surface area contributed by atoms with Crippen LogP contribution in [0.2, 0.25) is 0 Å². The highest BCUT2D eigenvalue weighted by atomic mass is 15.3. The highest BCUT2D eigenvalue weighted by molar-refractivity contribution is 5.74. The fourth-order valence-corrected chi connectivity index (χ4v) is 1.18. The van der Waals surface area contributed by atoms with E-state index in [1.165, 1.54) is 0 Å². The van der Waals surface area contributed by atoms with Crippen molar-refractivity contribution in [2.24, 2.45) is 0 Å². The second-order valence-electron chi connectivity index (χ2n) is 2.83. The second-order valence-corrected chi connectivity index (χ2v) is 2.83. The second kappa shape index (κ2) is 3.29. The van der Waals surface area contributed by atoms with Crippen LogP contribution in [0.4, 0.5) is 11.5 Å². The van der Waals surface area contributed by atoms with Gasteiger partial charge in [0.05, 0.1) is 0 Å². The molecule has 0 spiro atoms. The average Bonchev–Trinajstić information content (AvgIpc) is 2.18. The van der Waals surface area contributed by atoms with Gasteiger partial charge in [0, 0.05) is 17.3 Å². The van der Waals surface area contributed by atoms with Crippen molar-refractivity contribution in [2.45, 2.75) is 0 Å². The lowest BCUT2D eigenvalue weighted by atomic mass is 10.1. The molecule has 1 aromatic carbocycles. The molecule has 0 saturated heterocycles. The van der Waals surface area contributed by atoms with Crippen molar-refractivity contribution in [3.63, 3.8) is 0 Å². The molecule has 0 saturated carbocycles. The van der Waals surface area contributed by atoms with E-state index in [1.54, 1.807) is 12.1 Å². The SMILES string of the molecule is Nc1cc(-c2ccccc2N)nnn1. The first-order valence-corrected chi connectivity index (χ1v) is 4.08. The van der Waals surface area contributed by atoms with Crippen molar-refractivity contribution < 1.29 is 0 Å². The minimum atomic E-state index is 0.332. The molecule has 2 aromatic rings. The molecule has 0 aliphatic heterocycles. The number of rotatable bonds is 1. The maximum Gasteiger partial charge on any atom is 0.150 e. The van der Waals surface area contributed by atoms with Crippen LogP contribution in [-0.2, 0) is 0 Å². The van der Waals surface area contributed by atoms with E-state index in [4.69, 9.17) is 11.5 Å². The van der Waals surface area contributed by atoms with Crippen molar-refractivity contribution in [1.29, 1.82) is 0 Å². The summed E-state index contributed by atoms with van der Waals surface area (Å²) in [5.41, 5.74) is 13.4. The Hall–Kier alpha value is -2.17. The summed E-state index contributed by atoms with van der Waals surface area (Å²) < 4.78 is 0. The third-order valence-corrected chi connectivity index (χ3v) is 1.83. The maximum absolute atomic E-state index is 5.77. The first-order valence-electron chi connectivity index (χ1n) is 4.08. The zero-order chi connectivity index (χ0) is 9.97. The van der Waals surface area contributed by atoms with Crippen LogP contribution in [0.25, 0.3) is 11.3 Å². The first-order chi connectivity index (χ1) is 6.77. The molecule has 70 valence electrons. The molecule has 0 fully saturated rings. The lowest BCUT2D eigenvalue weighted by molar-refractivity contribution is 0.879. The van der Waals surface area contributed by atoms with E-state index >= 15 is 0 Å². The quantitative estimate of drug-likeness (QED) is 0.641. The Labute approximate surface area is 80.8 Å². The summed E-state index contributed by atoms with van der Waals surface area (Å²) in [4.78, 5) is 0. The molecule has 0 aliphatic carbocycles. The zero-order valence-corrected chi connectivity index (χ0v) is 7.38. The van der Waals surface area contributed by atoms with Crippen LogP contribution >= 0.6 is 0 Å². The Kier molecular flexibility index (Phi) is 1.98. The molecule has 0 amide bonds. The highest BCUT2D eigenvalue weighted by Crippen LogP contribution is 2.23. The molecule has 5 heteroatoms. The predicted molar refractivity (Wildman–Crippen MR) is 54.1 cm³/mol. The molecule has 2 rings (SSSR count). The van der Waals surface area contributed by atoms with Gasteiger partial charge in [-0.2, -0.15) is 0 Å². The van der Waals surface area contributed by atoms with Gasteiger partial charge in [0.1, 0.15) is 11.5 Å². The number of benzene rings is 1. The fraction of sp³-hybridized carbons (Fsp3) is 0. The molecule has 4 N–H and O–H groups in total. The molecule has 1 aromatic heterocycles. The Bertz CT molecular complexity index is 454. The molecule has 0 atom stereocenters. The van der Waals surface area contributed by atoms with Crippen LogP contribution in [0.3, 0.4) is 0 Å². The Balaban J connectivity index is 2.55. The summed E-state index contributed by atoms with van der Waals surface area (Å²) in [6, 6.07) is 9.03. The van der Waals surface area contributed by atoms with Crippen molar-refractivity contribution in [3.8, 4) is 11.3 Å². The molecule has 1 heterocycles. The number of nitrogens with zero attached hydrogens (tertiary/aromatic N) is 3. The number of hydrogen-bond acceptors (Lipinski definition) is 5. The molecule has 0 radical (unpaired) electrons. The van der Waals surface area contributed by atoms with Gasteiger partial charge in [0.25, 0.3) is 0 Å². The van der Waals surface area contributed by atoms with E-state index in [1.807, 2.05) is 18.2 Å². The minimum Gasteiger partial charge on any atom is -0.398 e. The van der Waals surface area contributed by atoms with Gasteiger partial charge in [-0.3, -0.25) is 0 Å². The highest BCUT2D eigenvalue weighted by Gasteiger charge is 2.03. The largest absolute Gasteiger partial charge is 0.398 e. The van der Waals surface area contributed by atoms with Crippen LogP contribution in [0, 0.1) is 0 Å². The molecule has 0 unspecified atom stereocenters. The first kappa shape index (κ1) is 8.43. The summed E-state index contributed by atoms with van der Waals surface area (Å²) in [6.45, 7) is 0.